The van der Waals surface area contributed by atoms with E-state index in [9.17, 15) is 0 Å². The summed E-state index contributed by atoms with van der Waals surface area (Å²) in [7, 11) is 0. The lowest BCUT2D eigenvalue weighted by atomic mass is 9.99. The second kappa shape index (κ2) is 15.1. The molecule has 0 fully saturated rings. The third kappa shape index (κ3) is 5.59. The van der Waals surface area contributed by atoms with Crippen LogP contribution in [0.4, 0.5) is 34.1 Å². The largest absolute Gasteiger partial charge is 0.310 e. The lowest BCUT2D eigenvalue weighted by Gasteiger charge is -2.26. The Morgan fingerprint density at radius 3 is 0.900 bits per heavy atom. The molecule has 4 heteroatoms. The van der Waals surface area contributed by atoms with Crippen LogP contribution in [-0.4, -0.2) is 8.80 Å². The second-order valence-corrected chi connectivity index (χ2v) is 18.5. The Kier molecular flexibility index (Phi) is 8.33. The number of rotatable bonds is 8. The Morgan fingerprint density at radius 2 is 0.557 bits per heavy atom. The monoisotopic (exact) mass is 890 g/mol. The van der Waals surface area contributed by atoms with E-state index in [0.29, 0.717) is 0 Å². The van der Waals surface area contributed by atoms with Gasteiger partial charge in [0, 0.05) is 65.8 Å². The zero-order valence-corrected chi connectivity index (χ0v) is 38.0. The minimum atomic E-state index is 1.12. The number of aromatic nitrogens is 2. The molecule has 0 N–H and O–H groups in total. The van der Waals surface area contributed by atoms with E-state index in [1.807, 2.05) is 0 Å². The summed E-state index contributed by atoms with van der Waals surface area (Å²) in [6, 6.07) is 93.3. The molecule has 0 atom stereocenters. The van der Waals surface area contributed by atoms with Gasteiger partial charge in [0.1, 0.15) is 0 Å². The van der Waals surface area contributed by atoms with Crippen LogP contribution in [0.2, 0.25) is 0 Å². The van der Waals surface area contributed by atoms with E-state index in [1.165, 1.54) is 98.4 Å². The maximum atomic E-state index is 2.55. The van der Waals surface area contributed by atoms with Gasteiger partial charge in [0.2, 0.25) is 0 Å². The minimum Gasteiger partial charge on any atom is -0.310 e. The van der Waals surface area contributed by atoms with Gasteiger partial charge in [-0.2, -0.15) is 0 Å². The highest BCUT2D eigenvalue weighted by Crippen LogP contribution is 2.52. The molecule has 0 spiro atoms. The molecule has 0 bridgehead atoms. The third-order valence-corrected chi connectivity index (χ3v) is 14.7. The molecule has 15 rings (SSSR count). The van der Waals surface area contributed by atoms with E-state index < -0.39 is 0 Å². The summed E-state index contributed by atoms with van der Waals surface area (Å²) in [6.45, 7) is 0. The van der Waals surface area contributed by atoms with Crippen molar-refractivity contribution >= 4 is 110 Å². The van der Waals surface area contributed by atoms with Gasteiger partial charge >= 0.3 is 0 Å². The van der Waals surface area contributed by atoms with Crippen molar-refractivity contribution in [1.82, 2.24) is 8.80 Å². The van der Waals surface area contributed by atoms with Crippen LogP contribution in [-0.2, 0) is 0 Å². The first-order chi connectivity index (χ1) is 34.8. The molecule has 15 aromatic rings. The fourth-order valence-electron chi connectivity index (χ4n) is 11.7. The number of benzene rings is 11. The van der Waals surface area contributed by atoms with Crippen LogP contribution in [0.15, 0.2) is 255 Å². The van der Waals surface area contributed by atoms with Gasteiger partial charge in [0.25, 0.3) is 0 Å². The second-order valence-electron chi connectivity index (χ2n) is 18.5. The topological polar surface area (TPSA) is 15.3 Å². The molecule has 0 radical (unpaired) electrons. The van der Waals surface area contributed by atoms with Gasteiger partial charge in [-0.15, -0.1) is 0 Å². The Bertz CT molecular complexity index is 4060. The maximum absolute atomic E-state index is 2.55. The molecule has 4 nitrogen and oxygen atoms in total. The van der Waals surface area contributed by atoms with Gasteiger partial charge < -0.3 is 18.6 Å². The van der Waals surface area contributed by atoms with E-state index in [1.54, 1.807) is 0 Å². The summed E-state index contributed by atoms with van der Waals surface area (Å²) >= 11 is 0. The van der Waals surface area contributed by atoms with Gasteiger partial charge in [-0.3, -0.25) is 0 Å². The van der Waals surface area contributed by atoms with Crippen molar-refractivity contribution in [3.63, 3.8) is 0 Å². The molecule has 0 saturated heterocycles. The average molecular weight is 891 g/mol. The minimum absolute atomic E-state index is 1.12. The Morgan fingerprint density at radius 1 is 0.229 bits per heavy atom. The first-order valence-corrected chi connectivity index (χ1v) is 24.1. The third-order valence-electron chi connectivity index (χ3n) is 14.7. The predicted molar refractivity (Wildman–Crippen MR) is 296 cm³/mol. The van der Waals surface area contributed by atoms with Crippen molar-refractivity contribution in [1.29, 1.82) is 0 Å². The standard InChI is InChI=1S/C66H42N4/c1-7-19-43(20-8-1)45-31-35-57-55(39-45)63-59(67(47-23-11-3-12-24-47)48-25-13-4-14-26-48)37-33-51-53-42-62-54(41-61(53)69(57)65(51)63)52-34-38-60(68(49-27-15-5-16-28-49)50-29-17-6-18-30-50)64-56-40-46(44-21-9-2-10-22-44)32-36-58(56)70(62)66(52)64/h1-42H. The Labute approximate surface area is 404 Å². The molecule has 0 aliphatic heterocycles. The molecule has 326 valence electrons. The zero-order chi connectivity index (χ0) is 45.9. The summed E-state index contributed by atoms with van der Waals surface area (Å²) in [5.41, 5.74) is 18.9. The Hall–Kier alpha value is -9.38. The van der Waals surface area contributed by atoms with Crippen LogP contribution < -0.4 is 9.80 Å². The zero-order valence-electron chi connectivity index (χ0n) is 38.0. The number of para-hydroxylation sites is 4. The number of nitrogens with zero attached hydrogens (tertiary/aromatic N) is 4. The van der Waals surface area contributed by atoms with Crippen molar-refractivity contribution in [3.05, 3.63) is 255 Å². The highest BCUT2D eigenvalue weighted by Gasteiger charge is 2.28. The summed E-state index contributed by atoms with van der Waals surface area (Å²) in [6.07, 6.45) is 0. The van der Waals surface area contributed by atoms with Gasteiger partial charge in [-0.05, 0) is 119 Å². The normalized spacial score (nSPS) is 12.0. The van der Waals surface area contributed by atoms with Crippen LogP contribution in [0.5, 0.6) is 0 Å². The fourth-order valence-corrected chi connectivity index (χ4v) is 11.7. The number of anilines is 6. The number of fused-ring (bicyclic) bond motifs is 12. The molecule has 4 heterocycles. The van der Waals surface area contributed by atoms with Crippen molar-refractivity contribution in [2.45, 2.75) is 0 Å². The predicted octanol–water partition coefficient (Wildman–Crippen LogP) is 18.3. The van der Waals surface area contributed by atoms with E-state index in [0.717, 1.165) is 34.1 Å². The van der Waals surface area contributed by atoms with Crippen molar-refractivity contribution < 1.29 is 0 Å². The SMILES string of the molecule is c1ccc(-c2ccc3c(c2)c2c(N(c4ccccc4)c4ccccc4)ccc4c5cc6c(cc5n3c42)c2ccc(N(c3ccccc3)c3ccccc3)c3c4cc(-c5ccccc5)ccc4n6c23)cc1. The van der Waals surface area contributed by atoms with Gasteiger partial charge in [0.15, 0.2) is 0 Å². The lowest BCUT2D eigenvalue weighted by Crippen LogP contribution is -2.10. The number of hydrogen-bond acceptors (Lipinski definition) is 2. The highest BCUT2D eigenvalue weighted by molar-refractivity contribution is 6.32. The van der Waals surface area contributed by atoms with Crippen molar-refractivity contribution in [3.8, 4) is 22.3 Å². The molecular weight excluding hydrogens is 849 g/mol. The quantitative estimate of drug-likeness (QED) is 0.151. The van der Waals surface area contributed by atoms with E-state index in [2.05, 4.69) is 273 Å². The lowest BCUT2D eigenvalue weighted by molar-refractivity contribution is 1.30. The molecule has 70 heavy (non-hydrogen) atoms. The molecule has 11 aromatic carbocycles. The molecular formula is C66H42N4. The van der Waals surface area contributed by atoms with Gasteiger partial charge in [0.05, 0.1) is 44.5 Å². The Balaban J connectivity index is 1.06. The molecule has 4 aromatic heterocycles. The van der Waals surface area contributed by atoms with Gasteiger partial charge in [-0.1, -0.05) is 158 Å². The first kappa shape index (κ1) is 38.7. The van der Waals surface area contributed by atoms with E-state index >= 15 is 0 Å². The fraction of sp³-hybridized carbons (Fsp3) is 0. The summed E-state index contributed by atoms with van der Waals surface area (Å²) < 4.78 is 5.11. The number of hydrogen-bond donors (Lipinski definition) is 0. The molecule has 0 aliphatic rings. The maximum Gasteiger partial charge on any atom is 0.0641 e. The molecule has 0 saturated carbocycles. The first-order valence-electron chi connectivity index (χ1n) is 24.1. The molecule has 0 aliphatic carbocycles. The van der Waals surface area contributed by atoms with Crippen molar-refractivity contribution in [2.24, 2.45) is 0 Å². The van der Waals surface area contributed by atoms with Crippen LogP contribution >= 0.6 is 0 Å². The van der Waals surface area contributed by atoms with Crippen LogP contribution in [0.3, 0.4) is 0 Å². The van der Waals surface area contributed by atoms with Crippen LogP contribution in [0, 0.1) is 0 Å². The average Bonchev–Trinajstić information content (AvgIpc) is 4.16. The van der Waals surface area contributed by atoms with Crippen LogP contribution in [0.25, 0.3) is 98.4 Å². The van der Waals surface area contributed by atoms with E-state index in [-0.39, 0.29) is 0 Å². The van der Waals surface area contributed by atoms with E-state index in [4.69, 9.17) is 0 Å². The summed E-state index contributed by atoms with van der Waals surface area (Å²) in [5, 5.41) is 9.91. The molecule has 0 amide bonds. The van der Waals surface area contributed by atoms with Crippen molar-refractivity contribution in [2.75, 3.05) is 9.80 Å². The van der Waals surface area contributed by atoms with Crippen LogP contribution in [0.1, 0.15) is 0 Å². The summed E-state index contributed by atoms with van der Waals surface area (Å²) in [5.74, 6) is 0. The summed E-state index contributed by atoms with van der Waals surface area (Å²) in [4.78, 5) is 4.85. The van der Waals surface area contributed by atoms with Gasteiger partial charge in [-0.25, -0.2) is 0 Å². The molecule has 0 unspecified atom stereocenters. The smallest absolute Gasteiger partial charge is 0.0641 e. The highest BCUT2D eigenvalue weighted by atomic mass is 15.2.